The third-order valence-electron chi connectivity index (χ3n) is 9.78. The highest BCUT2D eigenvalue weighted by Gasteiger charge is 2.64. The third kappa shape index (κ3) is 3.19. The van der Waals surface area contributed by atoms with Gasteiger partial charge in [-0.25, -0.2) is 0 Å². The SMILES string of the molecule is C[C@H](CCC(=O)O)[C@H]1CC[C@H]2[C@@H]3[C@H](O)C=C4C[C@@H](O)CC[C@]4(C)[C@H]3C[C@@H](O)[C@]12C. The molecule has 4 aliphatic carbocycles. The third-order valence-corrected chi connectivity index (χ3v) is 9.78. The molecule has 5 heteroatoms. The van der Waals surface area contributed by atoms with Crippen LogP contribution in [0, 0.1) is 40.4 Å². The molecule has 4 rings (SSSR count). The van der Waals surface area contributed by atoms with Crippen molar-refractivity contribution in [3.05, 3.63) is 11.6 Å². The molecule has 0 heterocycles. The maximum Gasteiger partial charge on any atom is 0.303 e. The van der Waals surface area contributed by atoms with E-state index < -0.39 is 18.2 Å². The molecule has 0 aromatic carbocycles. The van der Waals surface area contributed by atoms with E-state index in [-0.39, 0.29) is 47.0 Å². The van der Waals surface area contributed by atoms with Gasteiger partial charge in [0.05, 0.1) is 18.3 Å². The molecule has 0 radical (unpaired) electrons. The second-order valence-electron chi connectivity index (χ2n) is 11.0. The van der Waals surface area contributed by atoms with Gasteiger partial charge in [-0.3, -0.25) is 4.79 Å². The van der Waals surface area contributed by atoms with Gasteiger partial charge in [-0.2, -0.15) is 0 Å². The maximum atomic E-state index is 11.5. The lowest BCUT2D eigenvalue weighted by molar-refractivity contribution is -0.158. The molecule has 164 valence electrons. The topological polar surface area (TPSA) is 98.0 Å². The fourth-order valence-corrected chi connectivity index (χ4v) is 8.12. The van der Waals surface area contributed by atoms with E-state index in [1.165, 1.54) is 5.57 Å². The van der Waals surface area contributed by atoms with Crippen molar-refractivity contribution in [2.24, 2.45) is 40.4 Å². The number of aliphatic hydroxyl groups is 3. The van der Waals surface area contributed by atoms with Crippen LogP contribution in [0.15, 0.2) is 11.6 Å². The van der Waals surface area contributed by atoms with Crippen molar-refractivity contribution in [2.45, 2.75) is 90.4 Å². The van der Waals surface area contributed by atoms with Gasteiger partial charge in [0.1, 0.15) is 0 Å². The summed E-state index contributed by atoms with van der Waals surface area (Å²) in [6.07, 6.45) is 6.64. The number of carboxylic acid groups (broad SMARTS) is 1. The van der Waals surface area contributed by atoms with Crippen LogP contribution < -0.4 is 0 Å². The Hall–Kier alpha value is -0.910. The Bertz CT molecular complexity index is 689. The molecule has 0 aromatic heterocycles. The first-order chi connectivity index (χ1) is 13.6. The molecule has 0 bridgehead atoms. The van der Waals surface area contributed by atoms with Crippen LogP contribution in [0.4, 0.5) is 0 Å². The monoisotopic (exact) mass is 406 g/mol. The maximum absolute atomic E-state index is 11.5. The molecule has 3 fully saturated rings. The van der Waals surface area contributed by atoms with Crippen molar-refractivity contribution in [1.82, 2.24) is 0 Å². The highest BCUT2D eigenvalue weighted by Crippen LogP contribution is 2.67. The molecular formula is C24H38O5. The van der Waals surface area contributed by atoms with E-state index in [0.29, 0.717) is 25.2 Å². The van der Waals surface area contributed by atoms with Crippen molar-refractivity contribution in [3.8, 4) is 0 Å². The van der Waals surface area contributed by atoms with Crippen molar-refractivity contribution in [1.29, 1.82) is 0 Å². The molecule has 4 N–H and O–H groups in total. The first-order valence-corrected chi connectivity index (χ1v) is 11.6. The molecular weight excluding hydrogens is 368 g/mol. The minimum atomic E-state index is -0.756. The van der Waals surface area contributed by atoms with Crippen LogP contribution in [-0.2, 0) is 4.79 Å². The molecule has 0 aliphatic heterocycles. The van der Waals surface area contributed by atoms with Crippen LogP contribution in [0.25, 0.3) is 0 Å². The zero-order valence-corrected chi connectivity index (χ0v) is 18.1. The van der Waals surface area contributed by atoms with Gasteiger partial charge in [-0.05, 0) is 85.4 Å². The van der Waals surface area contributed by atoms with E-state index in [2.05, 4.69) is 20.8 Å². The van der Waals surface area contributed by atoms with Crippen molar-refractivity contribution in [3.63, 3.8) is 0 Å². The molecule has 5 nitrogen and oxygen atoms in total. The summed E-state index contributed by atoms with van der Waals surface area (Å²) in [7, 11) is 0. The summed E-state index contributed by atoms with van der Waals surface area (Å²) >= 11 is 0. The predicted octanol–water partition coefficient (Wildman–Crippen LogP) is 3.37. The zero-order chi connectivity index (χ0) is 21.1. The van der Waals surface area contributed by atoms with Crippen molar-refractivity contribution in [2.75, 3.05) is 0 Å². The summed E-state index contributed by atoms with van der Waals surface area (Å²) in [6.45, 7) is 6.62. The number of carbonyl (C=O) groups is 1. The van der Waals surface area contributed by atoms with Gasteiger partial charge in [-0.15, -0.1) is 0 Å². The molecule has 0 saturated heterocycles. The first-order valence-electron chi connectivity index (χ1n) is 11.6. The Morgan fingerprint density at radius 2 is 1.90 bits per heavy atom. The average Bonchev–Trinajstić information content (AvgIpc) is 3.01. The van der Waals surface area contributed by atoms with Crippen LogP contribution in [0.5, 0.6) is 0 Å². The molecule has 0 amide bonds. The van der Waals surface area contributed by atoms with Gasteiger partial charge in [0.25, 0.3) is 0 Å². The summed E-state index contributed by atoms with van der Waals surface area (Å²) < 4.78 is 0. The lowest BCUT2D eigenvalue weighted by Gasteiger charge is -2.61. The number of carboxylic acids is 1. The van der Waals surface area contributed by atoms with Gasteiger partial charge >= 0.3 is 5.97 Å². The number of rotatable bonds is 4. The standard InChI is InChI=1S/C24H38O5/c1-13(4-7-21(28)29)16-5-6-17-22-18(12-20(27)24(16,17)3)23(2)9-8-15(25)10-14(23)11-19(22)26/h11,13,15-20,22,25-27H,4-10,12H2,1-3H3,(H,28,29)/t13-,15+,16-,17+,18+,19-,20-,22+,23+,24-/m1/s1. The first kappa shape index (κ1) is 21.3. The molecule has 0 spiro atoms. The number of hydrogen-bond donors (Lipinski definition) is 4. The molecule has 3 saturated carbocycles. The number of aliphatic carboxylic acids is 1. The van der Waals surface area contributed by atoms with E-state index in [4.69, 9.17) is 5.11 Å². The fourth-order valence-electron chi connectivity index (χ4n) is 8.12. The number of aliphatic hydroxyl groups excluding tert-OH is 3. The lowest BCUT2D eigenvalue weighted by Crippen LogP contribution is -2.59. The quantitative estimate of drug-likeness (QED) is 0.537. The minimum Gasteiger partial charge on any atom is -0.481 e. The zero-order valence-electron chi connectivity index (χ0n) is 18.1. The molecule has 4 aliphatic rings. The Balaban J connectivity index is 1.64. The van der Waals surface area contributed by atoms with Gasteiger partial charge < -0.3 is 20.4 Å². The van der Waals surface area contributed by atoms with Crippen LogP contribution in [0.3, 0.4) is 0 Å². The van der Waals surface area contributed by atoms with Crippen LogP contribution >= 0.6 is 0 Å². The second-order valence-corrected chi connectivity index (χ2v) is 11.0. The largest absolute Gasteiger partial charge is 0.481 e. The highest BCUT2D eigenvalue weighted by molar-refractivity contribution is 5.66. The van der Waals surface area contributed by atoms with E-state index in [0.717, 1.165) is 25.7 Å². The summed E-state index contributed by atoms with van der Waals surface area (Å²) in [6, 6.07) is 0. The smallest absolute Gasteiger partial charge is 0.303 e. The van der Waals surface area contributed by atoms with Crippen LogP contribution in [0.1, 0.15) is 72.1 Å². The molecule has 0 unspecified atom stereocenters. The van der Waals surface area contributed by atoms with E-state index >= 15 is 0 Å². The van der Waals surface area contributed by atoms with Crippen LogP contribution in [-0.4, -0.2) is 44.7 Å². The van der Waals surface area contributed by atoms with E-state index in [1.54, 1.807) is 0 Å². The van der Waals surface area contributed by atoms with Crippen molar-refractivity contribution < 1.29 is 25.2 Å². The Morgan fingerprint density at radius 1 is 1.17 bits per heavy atom. The molecule has 0 aromatic rings. The summed E-state index contributed by atoms with van der Waals surface area (Å²) in [5.74, 6) is 0.426. The summed E-state index contributed by atoms with van der Waals surface area (Å²) in [5.41, 5.74) is 0.874. The molecule has 10 atom stereocenters. The normalized spacial score (nSPS) is 50.1. The Labute approximate surface area is 174 Å². The van der Waals surface area contributed by atoms with Gasteiger partial charge in [0, 0.05) is 6.42 Å². The van der Waals surface area contributed by atoms with Gasteiger partial charge in [-0.1, -0.05) is 32.4 Å². The van der Waals surface area contributed by atoms with Gasteiger partial charge in [0.2, 0.25) is 0 Å². The Kier molecular flexibility index (Phi) is 5.40. The van der Waals surface area contributed by atoms with E-state index in [1.807, 2.05) is 6.08 Å². The highest BCUT2D eigenvalue weighted by atomic mass is 16.4. The fraction of sp³-hybridized carbons (Fsp3) is 0.875. The summed E-state index contributed by atoms with van der Waals surface area (Å²) in [4.78, 5) is 11.1. The van der Waals surface area contributed by atoms with Gasteiger partial charge in [0.15, 0.2) is 0 Å². The molecule has 29 heavy (non-hydrogen) atoms. The number of fused-ring (bicyclic) bond motifs is 5. The Morgan fingerprint density at radius 3 is 2.59 bits per heavy atom. The lowest BCUT2D eigenvalue weighted by atomic mass is 9.45. The minimum absolute atomic E-state index is 0.0432. The number of hydrogen-bond acceptors (Lipinski definition) is 4. The van der Waals surface area contributed by atoms with Crippen molar-refractivity contribution >= 4 is 5.97 Å². The predicted molar refractivity (Wildman–Crippen MR) is 110 cm³/mol. The van der Waals surface area contributed by atoms with Crippen LogP contribution in [0.2, 0.25) is 0 Å². The second kappa shape index (κ2) is 7.35. The summed E-state index contributed by atoms with van der Waals surface area (Å²) in [5, 5.41) is 41.9. The average molecular weight is 407 g/mol. The van der Waals surface area contributed by atoms with E-state index in [9.17, 15) is 20.1 Å².